The maximum atomic E-state index is 5.49. The molecule has 0 unspecified atom stereocenters. The Morgan fingerprint density at radius 3 is 3.17 bits per heavy atom. The molecule has 1 aromatic rings. The van der Waals surface area contributed by atoms with Crippen LogP contribution in [0.25, 0.3) is 6.08 Å². The van der Waals surface area contributed by atoms with Crippen LogP contribution in [-0.4, -0.2) is 18.0 Å². The summed E-state index contributed by atoms with van der Waals surface area (Å²) < 4.78 is 5.09. The highest BCUT2D eigenvalue weighted by molar-refractivity contribution is 6.19. The summed E-state index contributed by atoms with van der Waals surface area (Å²) in [6, 6.07) is 3.69. The third-order valence-electron chi connectivity index (χ3n) is 1.38. The monoisotopic (exact) mass is 183 g/mol. The van der Waals surface area contributed by atoms with Crippen molar-refractivity contribution in [3.05, 3.63) is 30.1 Å². The van der Waals surface area contributed by atoms with Crippen LogP contribution in [0.4, 0.5) is 0 Å². The molecule has 0 fully saturated rings. The minimum Gasteiger partial charge on any atom is -0.494 e. The van der Waals surface area contributed by atoms with E-state index >= 15 is 0 Å². The van der Waals surface area contributed by atoms with Crippen molar-refractivity contribution in [2.75, 3.05) is 13.0 Å². The number of methoxy groups -OCH3 is 1. The number of pyridine rings is 1. The zero-order valence-electron chi connectivity index (χ0n) is 6.83. The highest BCUT2D eigenvalue weighted by Crippen LogP contribution is 2.15. The van der Waals surface area contributed by atoms with E-state index in [1.165, 1.54) is 0 Å². The highest BCUT2D eigenvalue weighted by Gasteiger charge is 1.96. The van der Waals surface area contributed by atoms with E-state index < -0.39 is 0 Å². The smallest absolute Gasteiger partial charge is 0.144 e. The van der Waals surface area contributed by atoms with Crippen molar-refractivity contribution in [2.24, 2.45) is 0 Å². The summed E-state index contributed by atoms with van der Waals surface area (Å²) in [5.41, 5.74) is 0.806. The summed E-state index contributed by atoms with van der Waals surface area (Å²) >= 11 is 5.49. The second-order valence-electron chi connectivity index (χ2n) is 2.15. The van der Waals surface area contributed by atoms with Crippen LogP contribution in [-0.2, 0) is 0 Å². The van der Waals surface area contributed by atoms with Gasteiger partial charge in [0, 0.05) is 12.1 Å². The third-order valence-corrected chi connectivity index (χ3v) is 1.56. The summed E-state index contributed by atoms with van der Waals surface area (Å²) in [7, 11) is 1.62. The topological polar surface area (TPSA) is 22.1 Å². The predicted molar refractivity (Wildman–Crippen MR) is 50.5 cm³/mol. The van der Waals surface area contributed by atoms with Crippen molar-refractivity contribution in [2.45, 2.75) is 0 Å². The molecule has 0 aliphatic rings. The van der Waals surface area contributed by atoms with E-state index in [2.05, 4.69) is 4.98 Å². The Morgan fingerprint density at radius 2 is 2.50 bits per heavy atom. The Morgan fingerprint density at radius 1 is 1.67 bits per heavy atom. The fourth-order valence-corrected chi connectivity index (χ4v) is 0.946. The first kappa shape index (κ1) is 9.07. The first-order valence-corrected chi connectivity index (χ1v) is 4.13. The van der Waals surface area contributed by atoms with E-state index in [-0.39, 0.29) is 0 Å². The molecule has 3 heteroatoms. The molecule has 0 saturated carbocycles. The summed E-state index contributed by atoms with van der Waals surface area (Å²) in [6.07, 6.45) is 5.38. The van der Waals surface area contributed by atoms with Gasteiger partial charge in [0.15, 0.2) is 0 Å². The third kappa shape index (κ3) is 2.24. The first-order chi connectivity index (χ1) is 5.88. The van der Waals surface area contributed by atoms with Crippen LogP contribution in [0.2, 0.25) is 0 Å². The molecule has 0 amide bonds. The number of alkyl halides is 1. The molecule has 0 radical (unpaired) electrons. The zero-order valence-corrected chi connectivity index (χ0v) is 7.58. The Hall–Kier alpha value is -1.02. The van der Waals surface area contributed by atoms with E-state index in [9.17, 15) is 0 Å². The second kappa shape index (κ2) is 4.78. The van der Waals surface area contributed by atoms with Gasteiger partial charge in [0.2, 0.25) is 0 Å². The number of nitrogens with zero attached hydrogens (tertiary/aromatic N) is 1. The van der Waals surface area contributed by atoms with Gasteiger partial charge in [-0.3, -0.25) is 4.98 Å². The molecule has 2 nitrogen and oxygen atoms in total. The fourth-order valence-electron chi connectivity index (χ4n) is 0.857. The van der Waals surface area contributed by atoms with Gasteiger partial charge in [-0.05, 0) is 18.2 Å². The fraction of sp³-hybridized carbons (Fsp3) is 0.222. The molecule has 0 atom stereocenters. The van der Waals surface area contributed by atoms with Crippen LogP contribution < -0.4 is 4.74 Å². The lowest BCUT2D eigenvalue weighted by molar-refractivity contribution is 0.412. The summed E-state index contributed by atoms with van der Waals surface area (Å²) in [5, 5.41) is 0. The van der Waals surface area contributed by atoms with Gasteiger partial charge in [0.05, 0.1) is 7.11 Å². The largest absolute Gasteiger partial charge is 0.494 e. The normalized spacial score (nSPS) is 10.5. The first-order valence-electron chi connectivity index (χ1n) is 3.60. The van der Waals surface area contributed by atoms with Crippen molar-refractivity contribution in [1.29, 1.82) is 0 Å². The van der Waals surface area contributed by atoms with Gasteiger partial charge in [-0.15, -0.1) is 11.6 Å². The number of ether oxygens (including phenoxy) is 1. The lowest BCUT2D eigenvalue weighted by atomic mass is 10.3. The molecule has 0 N–H and O–H groups in total. The molecule has 0 aliphatic carbocycles. The Labute approximate surface area is 76.8 Å². The molecule has 0 saturated heterocycles. The van der Waals surface area contributed by atoms with Gasteiger partial charge in [0.25, 0.3) is 0 Å². The molecule has 1 aromatic heterocycles. The molecule has 0 aliphatic heterocycles. The van der Waals surface area contributed by atoms with Crippen LogP contribution in [0.1, 0.15) is 5.69 Å². The van der Waals surface area contributed by atoms with Crippen LogP contribution in [0.15, 0.2) is 24.4 Å². The van der Waals surface area contributed by atoms with E-state index in [1.54, 1.807) is 13.3 Å². The molecule has 0 aromatic carbocycles. The SMILES string of the molecule is COc1cccnc1C=CCCl. The van der Waals surface area contributed by atoms with Gasteiger partial charge in [-0.25, -0.2) is 0 Å². The molecular weight excluding hydrogens is 174 g/mol. The maximum absolute atomic E-state index is 5.49. The van der Waals surface area contributed by atoms with Crippen molar-refractivity contribution >= 4 is 17.7 Å². The van der Waals surface area contributed by atoms with Crippen LogP contribution in [0, 0.1) is 0 Å². The number of halogens is 1. The minimum atomic E-state index is 0.486. The summed E-state index contributed by atoms with van der Waals surface area (Å²) in [4.78, 5) is 4.12. The Balaban J connectivity index is 2.89. The average Bonchev–Trinajstić information content (AvgIpc) is 2.15. The molecular formula is C9H10ClNO. The van der Waals surface area contributed by atoms with E-state index in [0.29, 0.717) is 5.88 Å². The van der Waals surface area contributed by atoms with Crippen LogP contribution in [0.5, 0.6) is 5.75 Å². The van der Waals surface area contributed by atoms with Gasteiger partial charge in [0.1, 0.15) is 11.4 Å². The molecule has 0 bridgehead atoms. The predicted octanol–water partition coefficient (Wildman–Crippen LogP) is 2.34. The average molecular weight is 184 g/mol. The van der Waals surface area contributed by atoms with Crippen molar-refractivity contribution in [3.8, 4) is 5.75 Å². The van der Waals surface area contributed by atoms with Crippen molar-refractivity contribution in [1.82, 2.24) is 4.98 Å². The standard InChI is InChI=1S/C9H10ClNO/c1-12-9-5-3-7-11-8(9)4-2-6-10/h2-5,7H,6H2,1H3. The zero-order chi connectivity index (χ0) is 8.81. The van der Waals surface area contributed by atoms with Crippen molar-refractivity contribution in [3.63, 3.8) is 0 Å². The van der Waals surface area contributed by atoms with E-state index in [4.69, 9.17) is 16.3 Å². The number of allylic oxidation sites excluding steroid dienone is 1. The quantitative estimate of drug-likeness (QED) is 0.672. The number of hydrogen-bond donors (Lipinski definition) is 0. The second-order valence-corrected chi connectivity index (χ2v) is 2.46. The van der Waals surface area contributed by atoms with Gasteiger partial charge in [-0.2, -0.15) is 0 Å². The lowest BCUT2D eigenvalue weighted by Gasteiger charge is -2.01. The Kier molecular flexibility index (Phi) is 3.61. The molecule has 1 rings (SSSR count). The molecule has 64 valence electrons. The maximum Gasteiger partial charge on any atom is 0.144 e. The molecule has 1 heterocycles. The van der Waals surface area contributed by atoms with Gasteiger partial charge >= 0.3 is 0 Å². The molecule has 0 spiro atoms. The minimum absolute atomic E-state index is 0.486. The van der Waals surface area contributed by atoms with Crippen LogP contribution >= 0.6 is 11.6 Å². The Bertz CT molecular complexity index is 273. The lowest BCUT2D eigenvalue weighted by Crippen LogP contribution is -1.88. The summed E-state index contributed by atoms with van der Waals surface area (Å²) in [6.45, 7) is 0. The summed E-state index contributed by atoms with van der Waals surface area (Å²) in [5.74, 6) is 1.25. The highest BCUT2D eigenvalue weighted by atomic mass is 35.5. The van der Waals surface area contributed by atoms with Gasteiger partial charge in [-0.1, -0.05) is 6.08 Å². The van der Waals surface area contributed by atoms with Crippen molar-refractivity contribution < 1.29 is 4.74 Å². The number of rotatable bonds is 3. The number of hydrogen-bond acceptors (Lipinski definition) is 2. The van der Waals surface area contributed by atoms with Gasteiger partial charge < -0.3 is 4.74 Å². The van der Waals surface area contributed by atoms with E-state index in [0.717, 1.165) is 11.4 Å². The van der Waals surface area contributed by atoms with Crippen LogP contribution in [0.3, 0.4) is 0 Å². The number of aromatic nitrogens is 1. The molecule has 12 heavy (non-hydrogen) atoms. The van der Waals surface area contributed by atoms with E-state index in [1.807, 2.05) is 24.3 Å².